The van der Waals surface area contributed by atoms with Crippen molar-refractivity contribution in [1.82, 2.24) is 9.71 Å². The summed E-state index contributed by atoms with van der Waals surface area (Å²) in [4.78, 5) is 4.44. The molecule has 0 saturated heterocycles. The first-order chi connectivity index (χ1) is 6.88. The van der Waals surface area contributed by atoms with Gasteiger partial charge < -0.3 is 5.21 Å². The van der Waals surface area contributed by atoms with Crippen LogP contribution in [-0.4, -0.2) is 14.9 Å². The summed E-state index contributed by atoms with van der Waals surface area (Å²) in [7, 11) is 0. The van der Waals surface area contributed by atoms with Gasteiger partial charge in [0.05, 0.1) is 0 Å². The minimum absolute atomic E-state index is 0.0138. The zero-order valence-electron chi connectivity index (χ0n) is 9.57. The van der Waals surface area contributed by atoms with Gasteiger partial charge in [-0.2, -0.15) is 4.73 Å². The lowest BCUT2D eigenvalue weighted by Gasteiger charge is -2.14. The predicted octanol–water partition coefficient (Wildman–Crippen LogP) is 2.83. The molecule has 0 unspecified atom stereocenters. The van der Waals surface area contributed by atoms with Crippen molar-refractivity contribution >= 4 is 0 Å². The SMILES string of the molecule is Cc1cc2cc(C(C)(C)C)nc-2n(O)c1. The van der Waals surface area contributed by atoms with Crippen LogP contribution in [0.5, 0.6) is 0 Å². The molecule has 2 aliphatic rings. The maximum Gasteiger partial charge on any atom is 0.175 e. The molecule has 3 nitrogen and oxygen atoms in total. The molecule has 0 amide bonds. The Kier molecular flexibility index (Phi) is 2.00. The summed E-state index contributed by atoms with van der Waals surface area (Å²) in [5, 5.41) is 9.69. The highest BCUT2D eigenvalue weighted by molar-refractivity contribution is 5.60. The summed E-state index contributed by atoms with van der Waals surface area (Å²) in [6.07, 6.45) is 1.67. The van der Waals surface area contributed by atoms with Gasteiger partial charge in [-0.1, -0.05) is 20.8 Å². The Balaban J connectivity index is 2.66. The highest BCUT2D eigenvalue weighted by Crippen LogP contribution is 2.29. The van der Waals surface area contributed by atoms with Crippen LogP contribution in [0.25, 0.3) is 11.4 Å². The van der Waals surface area contributed by atoms with Crippen molar-refractivity contribution in [3.63, 3.8) is 0 Å². The number of rotatable bonds is 0. The highest BCUT2D eigenvalue weighted by Gasteiger charge is 2.21. The third-order valence-corrected chi connectivity index (χ3v) is 2.47. The summed E-state index contributed by atoms with van der Waals surface area (Å²) in [6, 6.07) is 4.07. The van der Waals surface area contributed by atoms with Gasteiger partial charge in [-0.3, -0.25) is 0 Å². The number of aryl methyl sites for hydroxylation is 1. The quantitative estimate of drug-likeness (QED) is 0.670. The van der Waals surface area contributed by atoms with E-state index < -0.39 is 0 Å². The normalized spacial score (nSPS) is 12.3. The fourth-order valence-electron chi connectivity index (χ4n) is 1.63. The van der Waals surface area contributed by atoms with Gasteiger partial charge >= 0.3 is 0 Å². The molecule has 15 heavy (non-hydrogen) atoms. The van der Waals surface area contributed by atoms with Gasteiger partial charge in [0.15, 0.2) is 5.82 Å². The average molecular weight is 204 g/mol. The molecule has 2 heterocycles. The molecule has 0 saturated carbocycles. The Bertz CT molecular complexity index is 465. The summed E-state index contributed by atoms with van der Waals surface area (Å²) >= 11 is 0. The molecule has 80 valence electrons. The van der Waals surface area contributed by atoms with Crippen molar-refractivity contribution in [2.24, 2.45) is 0 Å². The van der Waals surface area contributed by atoms with Crippen molar-refractivity contribution in [3.8, 4) is 11.4 Å². The van der Waals surface area contributed by atoms with Gasteiger partial charge in [-0.05, 0) is 24.6 Å². The van der Waals surface area contributed by atoms with E-state index in [0.717, 1.165) is 21.6 Å². The molecule has 0 fully saturated rings. The van der Waals surface area contributed by atoms with Crippen LogP contribution in [0.3, 0.4) is 0 Å². The molecule has 0 aromatic carbocycles. The zero-order valence-corrected chi connectivity index (χ0v) is 9.57. The molecule has 1 N–H and O–H groups in total. The van der Waals surface area contributed by atoms with Crippen LogP contribution in [0.2, 0.25) is 0 Å². The molecule has 0 aromatic heterocycles. The van der Waals surface area contributed by atoms with Gasteiger partial charge in [-0.15, -0.1) is 0 Å². The second kappa shape index (κ2) is 2.99. The van der Waals surface area contributed by atoms with Gasteiger partial charge in [0, 0.05) is 22.9 Å². The Labute approximate surface area is 89.7 Å². The van der Waals surface area contributed by atoms with Gasteiger partial charge in [0.2, 0.25) is 0 Å². The zero-order chi connectivity index (χ0) is 11.2. The van der Waals surface area contributed by atoms with E-state index in [1.807, 2.05) is 19.1 Å². The smallest absolute Gasteiger partial charge is 0.175 e. The Hall–Kier alpha value is -1.51. The fraction of sp³-hybridized carbons (Fsp3) is 0.417. The monoisotopic (exact) mass is 204 g/mol. The van der Waals surface area contributed by atoms with Crippen molar-refractivity contribution in [2.45, 2.75) is 33.1 Å². The number of fused-ring (bicyclic) bond motifs is 1. The van der Waals surface area contributed by atoms with E-state index in [2.05, 4.69) is 25.8 Å². The molecule has 0 aromatic rings. The van der Waals surface area contributed by atoms with Crippen LogP contribution >= 0.6 is 0 Å². The maximum absolute atomic E-state index is 9.69. The van der Waals surface area contributed by atoms with E-state index in [0.29, 0.717) is 5.82 Å². The molecular formula is C12H16N2O. The third kappa shape index (κ3) is 1.69. The average Bonchev–Trinajstić information content (AvgIpc) is 2.46. The van der Waals surface area contributed by atoms with Crippen LogP contribution in [0.15, 0.2) is 18.3 Å². The van der Waals surface area contributed by atoms with Crippen molar-refractivity contribution in [2.75, 3.05) is 0 Å². The summed E-state index contributed by atoms with van der Waals surface area (Å²) in [5.74, 6) is 0.630. The lowest BCUT2D eigenvalue weighted by Crippen LogP contribution is -2.11. The number of hydrogen-bond donors (Lipinski definition) is 1. The second-order valence-corrected chi connectivity index (χ2v) is 5.03. The van der Waals surface area contributed by atoms with Crippen LogP contribution in [-0.2, 0) is 5.41 Å². The van der Waals surface area contributed by atoms with Crippen LogP contribution in [0.4, 0.5) is 0 Å². The Morgan fingerprint density at radius 1 is 1.27 bits per heavy atom. The molecule has 0 spiro atoms. The van der Waals surface area contributed by atoms with Crippen molar-refractivity contribution in [1.29, 1.82) is 0 Å². The third-order valence-electron chi connectivity index (χ3n) is 2.47. The standard InChI is InChI=1S/C12H16N2O/c1-8-5-9-6-10(12(2,3)4)13-11(9)14(15)7-8/h5-7,15H,1-4H3. The maximum atomic E-state index is 9.69. The highest BCUT2D eigenvalue weighted by atomic mass is 16.5. The first kappa shape index (κ1) is 10.0. The minimum atomic E-state index is 0.0138. The van der Waals surface area contributed by atoms with E-state index in [4.69, 9.17) is 0 Å². The number of pyridine rings is 1. The predicted molar refractivity (Wildman–Crippen MR) is 59.5 cm³/mol. The Morgan fingerprint density at radius 3 is 2.53 bits per heavy atom. The lowest BCUT2D eigenvalue weighted by molar-refractivity contribution is 0.186. The fourth-order valence-corrected chi connectivity index (χ4v) is 1.63. The van der Waals surface area contributed by atoms with E-state index in [1.165, 1.54) is 0 Å². The first-order valence-electron chi connectivity index (χ1n) is 5.07. The molecule has 2 rings (SSSR count). The largest absolute Gasteiger partial charge is 0.427 e. The van der Waals surface area contributed by atoms with E-state index in [-0.39, 0.29) is 5.41 Å². The van der Waals surface area contributed by atoms with Crippen molar-refractivity contribution < 1.29 is 5.21 Å². The van der Waals surface area contributed by atoms with E-state index >= 15 is 0 Å². The topological polar surface area (TPSA) is 38.0 Å². The van der Waals surface area contributed by atoms with Crippen LogP contribution < -0.4 is 0 Å². The number of hydrogen-bond acceptors (Lipinski definition) is 2. The molecule has 3 heteroatoms. The summed E-state index contributed by atoms with van der Waals surface area (Å²) < 4.78 is 1.10. The minimum Gasteiger partial charge on any atom is -0.427 e. The van der Waals surface area contributed by atoms with Gasteiger partial charge in [-0.25, -0.2) is 4.98 Å². The Morgan fingerprint density at radius 2 is 1.93 bits per heavy atom. The lowest BCUT2D eigenvalue weighted by atomic mass is 9.92. The molecule has 0 bridgehead atoms. The molecule has 0 radical (unpaired) electrons. The van der Waals surface area contributed by atoms with Gasteiger partial charge in [0.1, 0.15) is 0 Å². The number of nitrogens with zero attached hydrogens (tertiary/aromatic N) is 2. The van der Waals surface area contributed by atoms with Crippen molar-refractivity contribution in [3.05, 3.63) is 29.6 Å². The summed E-state index contributed by atoms with van der Waals surface area (Å²) in [6.45, 7) is 8.30. The molecule has 0 atom stereocenters. The molecule has 0 aliphatic carbocycles. The van der Waals surface area contributed by atoms with Crippen LogP contribution in [0, 0.1) is 6.92 Å². The molecular weight excluding hydrogens is 188 g/mol. The van der Waals surface area contributed by atoms with E-state index in [1.54, 1.807) is 6.20 Å². The summed E-state index contributed by atoms with van der Waals surface area (Å²) in [5.41, 5.74) is 3.03. The van der Waals surface area contributed by atoms with E-state index in [9.17, 15) is 5.21 Å². The second-order valence-electron chi connectivity index (χ2n) is 5.03. The number of aromatic nitrogens is 2. The van der Waals surface area contributed by atoms with Gasteiger partial charge in [0.25, 0.3) is 0 Å². The first-order valence-corrected chi connectivity index (χ1v) is 5.07. The van der Waals surface area contributed by atoms with Crippen LogP contribution in [0.1, 0.15) is 32.0 Å². The molecule has 2 aliphatic heterocycles.